The molecule has 1 nitrogen and oxygen atoms in total. The minimum absolute atomic E-state index is 0.471. The van der Waals surface area contributed by atoms with Crippen LogP contribution in [0.25, 0.3) is 10.8 Å². The number of hydrogen-bond acceptors (Lipinski definition) is 1. The fourth-order valence-corrected chi connectivity index (χ4v) is 2.02. The monoisotopic (exact) mass is 219 g/mol. The molecule has 0 aliphatic carbocycles. The van der Waals surface area contributed by atoms with Gasteiger partial charge in [0.25, 0.3) is 0 Å². The normalized spacial score (nSPS) is 11.3. The number of aryl methyl sites for hydroxylation is 1. The van der Waals surface area contributed by atoms with Crippen molar-refractivity contribution in [2.75, 3.05) is 0 Å². The highest BCUT2D eigenvalue weighted by molar-refractivity contribution is 6.34. The van der Waals surface area contributed by atoms with Gasteiger partial charge in [0.1, 0.15) is 5.15 Å². The summed E-state index contributed by atoms with van der Waals surface area (Å²) >= 11 is 6.07. The average molecular weight is 220 g/mol. The first-order chi connectivity index (χ1) is 7.09. The lowest BCUT2D eigenvalue weighted by Crippen LogP contribution is -1.92. The molecule has 2 heteroatoms. The molecule has 1 heterocycles. The number of hydrogen-bond donors (Lipinski definition) is 0. The van der Waals surface area contributed by atoms with E-state index in [0.717, 1.165) is 5.39 Å². The van der Waals surface area contributed by atoms with Crippen molar-refractivity contribution in [2.45, 2.75) is 26.7 Å². The van der Waals surface area contributed by atoms with Crippen molar-refractivity contribution in [3.63, 3.8) is 0 Å². The van der Waals surface area contributed by atoms with Gasteiger partial charge in [0.2, 0.25) is 0 Å². The second kappa shape index (κ2) is 3.82. The SMILES string of the molecule is Cc1ccc2c(Cl)ncc(C(C)C)c2c1. The number of aromatic nitrogens is 1. The second-order valence-electron chi connectivity index (χ2n) is 4.21. The van der Waals surface area contributed by atoms with Gasteiger partial charge in [-0.15, -0.1) is 0 Å². The lowest BCUT2D eigenvalue weighted by Gasteiger charge is -2.10. The number of pyridine rings is 1. The lowest BCUT2D eigenvalue weighted by molar-refractivity contribution is 0.869. The maximum atomic E-state index is 6.07. The number of benzene rings is 1. The van der Waals surface area contributed by atoms with Crippen LogP contribution >= 0.6 is 11.6 Å². The Balaban J connectivity index is 2.84. The quantitative estimate of drug-likeness (QED) is 0.651. The molecule has 0 amide bonds. The largest absolute Gasteiger partial charge is 0.244 e. The maximum absolute atomic E-state index is 6.07. The van der Waals surface area contributed by atoms with Gasteiger partial charge in [-0.25, -0.2) is 4.98 Å². The van der Waals surface area contributed by atoms with Crippen LogP contribution in [0.4, 0.5) is 0 Å². The van der Waals surface area contributed by atoms with Gasteiger partial charge in [0, 0.05) is 11.6 Å². The van der Waals surface area contributed by atoms with Crippen LogP contribution in [0.2, 0.25) is 5.15 Å². The highest BCUT2D eigenvalue weighted by atomic mass is 35.5. The average Bonchev–Trinajstić information content (AvgIpc) is 2.17. The van der Waals surface area contributed by atoms with Crippen LogP contribution < -0.4 is 0 Å². The zero-order chi connectivity index (χ0) is 11.0. The van der Waals surface area contributed by atoms with E-state index in [1.807, 2.05) is 12.3 Å². The topological polar surface area (TPSA) is 12.9 Å². The van der Waals surface area contributed by atoms with Crippen molar-refractivity contribution in [1.29, 1.82) is 0 Å². The lowest BCUT2D eigenvalue weighted by atomic mass is 9.98. The molecule has 2 rings (SSSR count). The van der Waals surface area contributed by atoms with E-state index >= 15 is 0 Å². The van der Waals surface area contributed by atoms with Crippen molar-refractivity contribution in [3.05, 3.63) is 40.7 Å². The molecule has 0 unspecified atom stereocenters. The van der Waals surface area contributed by atoms with E-state index in [9.17, 15) is 0 Å². The fraction of sp³-hybridized carbons (Fsp3) is 0.308. The molecule has 0 bridgehead atoms. The molecule has 0 atom stereocenters. The highest BCUT2D eigenvalue weighted by Crippen LogP contribution is 2.29. The van der Waals surface area contributed by atoms with Crippen molar-refractivity contribution < 1.29 is 0 Å². The molecule has 1 aromatic carbocycles. The van der Waals surface area contributed by atoms with Gasteiger partial charge in [0.05, 0.1) is 0 Å². The smallest absolute Gasteiger partial charge is 0.136 e. The Morgan fingerprint density at radius 2 is 1.93 bits per heavy atom. The Hall–Kier alpha value is -1.08. The van der Waals surface area contributed by atoms with Gasteiger partial charge in [-0.1, -0.05) is 49.2 Å². The molecule has 1 aromatic heterocycles. The Kier molecular flexibility index (Phi) is 2.66. The number of halogens is 1. The highest BCUT2D eigenvalue weighted by Gasteiger charge is 2.08. The summed E-state index contributed by atoms with van der Waals surface area (Å²) in [4.78, 5) is 4.22. The first-order valence-corrected chi connectivity index (χ1v) is 5.52. The predicted molar refractivity (Wildman–Crippen MR) is 65.6 cm³/mol. The Morgan fingerprint density at radius 1 is 1.20 bits per heavy atom. The molecular formula is C13H14ClN. The van der Waals surface area contributed by atoms with Gasteiger partial charge in [-0.3, -0.25) is 0 Å². The van der Waals surface area contributed by atoms with Crippen LogP contribution in [0.3, 0.4) is 0 Å². The summed E-state index contributed by atoms with van der Waals surface area (Å²) in [6.45, 7) is 6.44. The van der Waals surface area contributed by atoms with E-state index in [4.69, 9.17) is 11.6 Å². The van der Waals surface area contributed by atoms with E-state index in [0.29, 0.717) is 11.1 Å². The van der Waals surface area contributed by atoms with Crippen molar-refractivity contribution >= 4 is 22.4 Å². The van der Waals surface area contributed by atoms with Gasteiger partial charge in [0.15, 0.2) is 0 Å². The summed E-state index contributed by atoms with van der Waals surface area (Å²) in [5.74, 6) is 0.471. The minimum atomic E-state index is 0.471. The van der Waals surface area contributed by atoms with Gasteiger partial charge < -0.3 is 0 Å². The zero-order valence-corrected chi connectivity index (χ0v) is 9.97. The predicted octanol–water partition coefficient (Wildman–Crippen LogP) is 4.32. The molecule has 0 N–H and O–H groups in total. The molecule has 0 saturated carbocycles. The van der Waals surface area contributed by atoms with Crippen molar-refractivity contribution in [1.82, 2.24) is 4.98 Å². The minimum Gasteiger partial charge on any atom is -0.244 e. The summed E-state index contributed by atoms with van der Waals surface area (Å²) in [7, 11) is 0. The van der Waals surface area contributed by atoms with Crippen LogP contribution in [0.5, 0.6) is 0 Å². The molecule has 2 aromatic rings. The fourth-order valence-electron chi connectivity index (χ4n) is 1.80. The number of rotatable bonds is 1. The van der Waals surface area contributed by atoms with Crippen LogP contribution in [0.15, 0.2) is 24.4 Å². The maximum Gasteiger partial charge on any atom is 0.136 e. The third-order valence-electron chi connectivity index (χ3n) is 2.65. The first-order valence-electron chi connectivity index (χ1n) is 5.14. The van der Waals surface area contributed by atoms with Crippen LogP contribution in [0, 0.1) is 6.92 Å². The Morgan fingerprint density at radius 3 is 2.60 bits per heavy atom. The second-order valence-corrected chi connectivity index (χ2v) is 4.57. The molecule has 0 saturated heterocycles. The molecule has 0 spiro atoms. The van der Waals surface area contributed by atoms with Gasteiger partial charge in [-0.05, 0) is 23.8 Å². The third-order valence-corrected chi connectivity index (χ3v) is 2.95. The van der Waals surface area contributed by atoms with E-state index in [2.05, 4.69) is 37.9 Å². The summed E-state index contributed by atoms with van der Waals surface area (Å²) in [6, 6.07) is 6.30. The summed E-state index contributed by atoms with van der Waals surface area (Å²) < 4.78 is 0. The molecule has 0 aliphatic rings. The van der Waals surface area contributed by atoms with Crippen molar-refractivity contribution in [3.8, 4) is 0 Å². The summed E-state index contributed by atoms with van der Waals surface area (Å²) in [6.07, 6.45) is 1.88. The number of nitrogens with zero attached hydrogens (tertiary/aromatic N) is 1. The summed E-state index contributed by atoms with van der Waals surface area (Å²) in [5.41, 5.74) is 2.52. The summed E-state index contributed by atoms with van der Waals surface area (Å²) in [5, 5.41) is 2.87. The molecule has 0 fully saturated rings. The van der Waals surface area contributed by atoms with Crippen molar-refractivity contribution in [2.24, 2.45) is 0 Å². The first kappa shape index (κ1) is 10.4. The standard InChI is InChI=1S/C13H14ClN/c1-8(2)12-7-15-13(14)10-5-4-9(3)6-11(10)12/h4-8H,1-3H3. The Labute approximate surface area is 95.1 Å². The number of fused-ring (bicyclic) bond motifs is 1. The molecule has 0 aliphatic heterocycles. The molecular weight excluding hydrogens is 206 g/mol. The zero-order valence-electron chi connectivity index (χ0n) is 9.21. The Bertz CT molecular complexity index is 503. The van der Waals surface area contributed by atoms with E-state index in [1.165, 1.54) is 16.5 Å². The van der Waals surface area contributed by atoms with Crippen LogP contribution in [-0.4, -0.2) is 4.98 Å². The van der Waals surface area contributed by atoms with Crippen LogP contribution in [0.1, 0.15) is 30.9 Å². The molecule has 78 valence electrons. The molecule has 0 radical (unpaired) electrons. The van der Waals surface area contributed by atoms with E-state index < -0.39 is 0 Å². The van der Waals surface area contributed by atoms with Gasteiger partial charge >= 0.3 is 0 Å². The van der Waals surface area contributed by atoms with E-state index in [1.54, 1.807) is 0 Å². The van der Waals surface area contributed by atoms with E-state index in [-0.39, 0.29) is 0 Å². The van der Waals surface area contributed by atoms with Gasteiger partial charge in [-0.2, -0.15) is 0 Å². The molecule has 15 heavy (non-hydrogen) atoms. The van der Waals surface area contributed by atoms with Crippen LogP contribution in [-0.2, 0) is 0 Å². The third kappa shape index (κ3) is 1.84.